The molecule has 4 aliphatic rings. The predicted molar refractivity (Wildman–Crippen MR) is 295 cm³/mol. The largest absolute Gasteiger partial charge is 0.481 e. The maximum absolute atomic E-state index is 13.2. The number of amides is 6. The van der Waals surface area contributed by atoms with Crippen molar-refractivity contribution in [1.82, 2.24) is 10.6 Å². The van der Waals surface area contributed by atoms with Gasteiger partial charge in [0.25, 0.3) is 5.91 Å². The van der Waals surface area contributed by atoms with Crippen molar-refractivity contribution in [1.29, 1.82) is 0 Å². The Kier molecular flexibility index (Phi) is 27.9. The number of hydrogen-bond acceptors (Lipinski definition) is 15. The van der Waals surface area contributed by atoms with Gasteiger partial charge < -0.3 is 9.84 Å². The highest BCUT2D eigenvalue weighted by Crippen LogP contribution is 2.43. The van der Waals surface area contributed by atoms with Gasteiger partial charge in [0.2, 0.25) is 5.91 Å². The van der Waals surface area contributed by atoms with Crippen LogP contribution < -0.4 is 20.4 Å². The van der Waals surface area contributed by atoms with Gasteiger partial charge in [-0.25, -0.2) is 9.59 Å². The van der Waals surface area contributed by atoms with Crippen molar-refractivity contribution in [3.63, 3.8) is 0 Å². The zero-order valence-electron chi connectivity index (χ0n) is 41.7. The number of nitrogens with zero attached hydrogens (tertiary/aromatic N) is 2. The quantitative estimate of drug-likeness (QED) is 0.0489. The van der Waals surface area contributed by atoms with Crippen LogP contribution in [0.15, 0.2) is 97.1 Å². The molecule has 0 aromatic heterocycles. The van der Waals surface area contributed by atoms with E-state index >= 15 is 0 Å². The molecule has 6 amide bonds. The Hall–Kier alpha value is -5.85. The highest BCUT2D eigenvalue weighted by Gasteiger charge is 2.31. The lowest BCUT2D eigenvalue weighted by Gasteiger charge is -2.25. The first kappa shape index (κ1) is 61.7. The number of carboxylic acid groups (broad SMARTS) is 1. The number of aliphatic carboxylic acids is 1. The van der Waals surface area contributed by atoms with Crippen LogP contribution in [0, 0.1) is 0 Å². The number of nitrogens with one attached hydrogen (secondary N) is 2. The van der Waals surface area contributed by atoms with Crippen molar-refractivity contribution in [2.75, 3.05) is 33.8 Å². The number of carboxylic acids is 1. The number of carbonyl (C=O) groups is 6. The van der Waals surface area contributed by atoms with Crippen molar-refractivity contribution in [3.05, 3.63) is 119 Å². The summed E-state index contributed by atoms with van der Waals surface area (Å²) < 4.78 is 5.11. The third kappa shape index (κ3) is 20.3. The molecule has 0 radical (unpaired) electrons. The normalized spacial score (nSPS) is 17.4. The number of ether oxygens (including phenoxy) is 1. The Morgan fingerprint density at radius 1 is 0.600 bits per heavy atom. The number of carbonyl (C=O) groups excluding carboxylic acids is 9. The molecule has 3 N–H and O–H groups in total. The molecule has 2 saturated heterocycles. The van der Waals surface area contributed by atoms with E-state index in [0.717, 1.165) is 95.2 Å². The fraction of sp³-hybridized carbons (Fsp3) is 0.407. The standard InChI is InChI=1S/C26H30N2O4S2.C18H17ClN2O2.C8H14O2S2.2CO2/c1-18-16-19-8-2-5-11-22(19)28(23-12-6-4-10-21(18)23)26(31)27-24(29)17-32-25(30)13-7-3-9-20-14-15-33-34-20;1-12-10-13-6-2-4-8-15(13)21(18(23)20-17(22)11-19)16-9-5-3-7-14(12)16;9-8(10)4-2-1-3-7-5-6-11-12-7;2*2-1-3/h2,4-6,8,10-12,18,20H,3,7,9,13-17H2,1H3,(H,27,29,31);2-9,12H,10-11H2,1H3,(H,20,22,23);7H,1-6H2,(H,9,10);;/t;;7-;;/m..1../s1. The molecule has 4 atom stereocenters. The van der Waals surface area contributed by atoms with Gasteiger partial charge in [0.05, 0.1) is 22.7 Å². The second-order valence-corrected chi connectivity index (χ2v) is 23.3. The average molecular weight is 1120 g/mol. The summed E-state index contributed by atoms with van der Waals surface area (Å²) in [5.41, 5.74) is 7.33. The number of alkyl halides is 1. The summed E-state index contributed by atoms with van der Waals surface area (Å²) in [4.78, 5) is 108. The zero-order valence-corrected chi connectivity index (χ0v) is 45.7. The molecular formula is C54H61ClN4O12S4. The number of anilines is 4. The number of para-hydroxylation sites is 4. The first-order valence-electron chi connectivity index (χ1n) is 24.4. The molecule has 16 nitrogen and oxygen atoms in total. The molecule has 0 bridgehead atoms. The summed E-state index contributed by atoms with van der Waals surface area (Å²) >= 11 is 5.51. The molecule has 75 heavy (non-hydrogen) atoms. The van der Waals surface area contributed by atoms with Crippen molar-refractivity contribution >= 4 is 126 Å². The molecule has 4 heterocycles. The highest BCUT2D eigenvalue weighted by molar-refractivity contribution is 8.77. The lowest BCUT2D eigenvalue weighted by atomic mass is 9.94. The number of rotatable bonds is 13. The van der Waals surface area contributed by atoms with Crippen LogP contribution in [0.5, 0.6) is 0 Å². The molecule has 0 aliphatic carbocycles. The molecule has 4 aliphatic heterocycles. The summed E-state index contributed by atoms with van der Waals surface area (Å²) in [6.07, 6.45) is 11.2. The fourth-order valence-corrected chi connectivity index (χ4v) is 14.8. The van der Waals surface area contributed by atoms with Crippen LogP contribution in [-0.4, -0.2) is 87.7 Å². The average Bonchev–Trinajstić information content (AvgIpc) is 4.09. The van der Waals surface area contributed by atoms with E-state index in [-0.39, 0.29) is 36.4 Å². The predicted octanol–water partition coefficient (Wildman–Crippen LogP) is 11.6. The van der Waals surface area contributed by atoms with E-state index in [4.69, 9.17) is 40.6 Å². The second-order valence-electron chi connectivity index (χ2n) is 17.5. The summed E-state index contributed by atoms with van der Waals surface area (Å²) in [6, 6.07) is 30.0. The van der Waals surface area contributed by atoms with Crippen LogP contribution in [0.4, 0.5) is 32.3 Å². The molecular weight excluding hydrogens is 1060 g/mol. The summed E-state index contributed by atoms with van der Waals surface area (Å²) in [5.74, 6) is 0.506. The lowest BCUT2D eigenvalue weighted by Crippen LogP contribution is -2.42. The Morgan fingerprint density at radius 3 is 1.41 bits per heavy atom. The molecule has 21 heteroatoms. The first-order valence-corrected chi connectivity index (χ1v) is 29.7. The van der Waals surface area contributed by atoms with Gasteiger partial charge in [-0.1, -0.05) is 143 Å². The molecule has 0 saturated carbocycles. The number of urea groups is 2. The minimum Gasteiger partial charge on any atom is -0.481 e. The number of esters is 1. The SMILES string of the molecule is CC1Cc2ccccc2N(C(=O)NC(=O)CCl)c2ccccc21.CC1Cc2ccccc2N(C(=O)NC(=O)COC(=O)CCCCC2CCSS2)c2ccccc21.O=C(O)CCCC[C@@H]1CCSS1.O=C=O.O=C=O. The number of fused-ring (bicyclic) bond motifs is 4. The smallest absolute Gasteiger partial charge is 0.373 e. The van der Waals surface area contributed by atoms with Gasteiger partial charge in [-0.15, -0.1) is 11.6 Å². The lowest BCUT2D eigenvalue weighted by molar-refractivity contribution is -0.193. The molecule has 8 rings (SSSR count). The van der Waals surface area contributed by atoms with E-state index in [1.165, 1.54) is 30.8 Å². The Morgan fingerprint density at radius 2 is 1.00 bits per heavy atom. The van der Waals surface area contributed by atoms with Crippen LogP contribution in [0.25, 0.3) is 0 Å². The van der Waals surface area contributed by atoms with Crippen molar-refractivity contribution in [2.45, 2.75) is 113 Å². The van der Waals surface area contributed by atoms with E-state index in [1.54, 1.807) is 9.80 Å². The van der Waals surface area contributed by atoms with E-state index in [0.29, 0.717) is 11.7 Å². The Bertz CT molecular complexity index is 2590. The van der Waals surface area contributed by atoms with Crippen molar-refractivity contribution in [3.8, 4) is 0 Å². The van der Waals surface area contributed by atoms with Crippen LogP contribution in [-0.2, 0) is 55.9 Å². The second kappa shape index (κ2) is 33.9. The molecule has 400 valence electrons. The Labute approximate surface area is 457 Å². The van der Waals surface area contributed by atoms with E-state index in [2.05, 4.69) is 24.5 Å². The third-order valence-electron chi connectivity index (χ3n) is 12.1. The fourth-order valence-electron chi connectivity index (χ4n) is 8.65. The summed E-state index contributed by atoms with van der Waals surface area (Å²) in [6.45, 7) is 3.81. The molecule has 4 aromatic carbocycles. The number of halogens is 1. The molecule has 2 fully saturated rings. The monoisotopic (exact) mass is 1120 g/mol. The van der Waals surface area contributed by atoms with Gasteiger partial charge in [0, 0.05) is 34.8 Å². The number of imide groups is 2. The van der Waals surface area contributed by atoms with Gasteiger partial charge in [-0.3, -0.25) is 39.6 Å². The first-order chi connectivity index (χ1) is 36.3. The minimum absolute atomic E-state index is 0.220. The minimum atomic E-state index is -0.663. The summed E-state index contributed by atoms with van der Waals surface area (Å²) in [7, 11) is 7.77. The van der Waals surface area contributed by atoms with Crippen LogP contribution in [0.1, 0.15) is 112 Å². The van der Waals surface area contributed by atoms with E-state index < -0.39 is 42.4 Å². The number of benzene rings is 4. The number of unbranched alkanes of at least 4 members (excludes halogenated alkanes) is 2. The van der Waals surface area contributed by atoms with Crippen molar-refractivity contribution in [2.24, 2.45) is 0 Å². The number of hydrogen-bond donors (Lipinski definition) is 3. The van der Waals surface area contributed by atoms with E-state index in [1.807, 2.05) is 140 Å². The van der Waals surface area contributed by atoms with Gasteiger partial charge in [0.1, 0.15) is 5.88 Å². The van der Waals surface area contributed by atoms with Gasteiger partial charge in [0.15, 0.2) is 6.61 Å². The maximum atomic E-state index is 13.2. The summed E-state index contributed by atoms with van der Waals surface area (Å²) in [5, 5.41) is 14.6. The van der Waals surface area contributed by atoms with Crippen LogP contribution >= 0.6 is 54.8 Å². The highest BCUT2D eigenvalue weighted by atomic mass is 35.5. The van der Waals surface area contributed by atoms with E-state index in [9.17, 15) is 28.8 Å². The van der Waals surface area contributed by atoms with Crippen LogP contribution in [0.3, 0.4) is 0 Å². The topological polar surface area (TPSA) is 231 Å². The molecule has 0 spiro atoms. The molecule has 4 aromatic rings. The zero-order chi connectivity index (χ0) is 54.5. The maximum Gasteiger partial charge on any atom is 0.373 e. The van der Waals surface area contributed by atoms with Gasteiger partial charge in [-0.05, 0) is 110 Å². The Balaban J connectivity index is 0.000000254. The van der Waals surface area contributed by atoms with Gasteiger partial charge >= 0.3 is 36.3 Å². The van der Waals surface area contributed by atoms with Gasteiger partial charge in [-0.2, -0.15) is 19.2 Å². The van der Waals surface area contributed by atoms with Crippen LogP contribution in [0.2, 0.25) is 0 Å². The van der Waals surface area contributed by atoms with Crippen molar-refractivity contribution < 1.29 is 57.8 Å². The third-order valence-corrected chi connectivity index (χ3v) is 18.4. The molecule has 3 unspecified atom stereocenters.